The van der Waals surface area contributed by atoms with Crippen molar-refractivity contribution in [2.45, 2.75) is 50.2 Å². The van der Waals surface area contributed by atoms with E-state index in [4.69, 9.17) is 4.74 Å². The molecular weight excluding hydrogens is 296 g/mol. The van der Waals surface area contributed by atoms with Gasteiger partial charge in [-0.1, -0.05) is 86.1 Å². The fraction of sp³-hybridized carbons (Fsp3) is 0.429. The Morgan fingerprint density at radius 1 is 0.870 bits per heavy atom. The molecule has 0 amide bonds. The van der Waals surface area contributed by atoms with E-state index in [-0.39, 0.29) is 0 Å². The Labute approximate surface area is 141 Å². The van der Waals surface area contributed by atoms with Crippen LogP contribution in [0.25, 0.3) is 0 Å². The number of hydrogen-bond donors (Lipinski definition) is 0. The largest absolute Gasteiger partial charge is 0.496 e. The zero-order valence-electron chi connectivity index (χ0n) is 14.6. The Morgan fingerprint density at radius 2 is 1.52 bits per heavy atom. The van der Waals surface area contributed by atoms with Gasteiger partial charge in [-0.25, -0.2) is 0 Å². The van der Waals surface area contributed by atoms with Crippen LogP contribution in [0.3, 0.4) is 0 Å². The molecule has 23 heavy (non-hydrogen) atoms. The molecule has 2 aromatic rings. The van der Waals surface area contributed by atoms with Crippen LogP contribution in [-0.4, -0.2) is 15.2 Å². The topological polar surface area (TPSA) is 9.23 Å². The number of hydrogen-bond acceptors (Lipinski definition) is 1. The Bertz CT molecular complexity index is 635. The fourth-order valence-electron chi connectivity index (χ4n) is 4.42. The highest BCUT2D eigenvalue weighted by Gasteiger charge is 2.41. The molecule has 1 nitrogen and oxygen atoms in total. The van der Waals surface area contributed by atoms with Crippen LogP contribution >= 0.6 is 0 Å². The first-order valence-corrected chi connectivity index (χ1v) is 11.9. The van der Waals surface area contributed by atoms with Gasteiger partial charge < -0.3 is 4.74 Å². The fourth-order valence-corrected chi connectivity index (χ4v) is 8.18. The van der Waals surface area contributed by atoms with E-state index in [1.807, 2.05) is 0 Å². The lowest BCUT2D eigenvalue weighted by atomic mass is 9.83. The lowest BCUT2D eigenvalue weighted by Crippen LogP contribution is -2.48. The lowest BCUT2D eigenvalue weighted by molar-refractivity contribution is 0.384. The molecule has 1 fully saturated rings. The summed E-state index contributed by atoms with van der Waals surface area (Å²) in [5, 5.41) is 1.59. The highest BCUT2D eigenvalue weighted by molar-refractivity contribution is 6.91. The van der Waals surface area contributed by atoms with Gasteiger partial charge in [0.25, 0.3) is 0 Å². The lowest BCUT2D eigenvalue weighted by Gasteiger charge is -2.42. The average molecular weight is 325 g/mol. The molecule has 0 unspecified atom stereocenters. The van der Waals surface area contributed by atoms with Crippen molar-refractivity contribution in [3.05, 3.63) is 60.2 Å². The van der Waals surface area contributed by atoms with Crippen LogP contribution in [0, 0.1) is 0 Å². The minimum absolute atomic E-state index is 0.641. The van der Waals surface area contributed by atoms with Crippen LogP contribution < -0.4 is 9.92 Å². The number of para-hydroxylation sites is 1. The predicted molar refractivity (Wildman–Crippen MR) is 102 cm³/mol. The summed E-state index contributed by atoms with van der Waals surface area (Å²) in [6.07, 6.45) is 5.38. The van der Waals surface area contributed by atoms with E-state index < -0.39 is 8.07 Å². The Morgan fingerprint density at radius 3 is 2.26 bits per heavy atom. The molecule has 0 saturated heterocycles. The standard InChI is InChI=1S/C21H28OSi/c1-22-20-15-9-7-13-18(20)19-14-8-10-16-21(19)23(2,3)17-11-5-4-6-12-17/h4-7,9,11-13,15,19,21H,8,10,14,16H2,1-3H3/t19-,21+/m1/s1. The summed E-state index contributed by atoms with van der Waals surface area (Å²) in [4.78, 5) is 0. The van der Waals surface area contributed by atoms with Crippen molar-refractivity contribution in [1.82, 2.24) is 0 Å². The molecule has 122 valence electrons. The number of ether oxygens (including phenoxy) is 1. The summed E-state index contributed by atoms with van der Waals surface area (Å²) >= 11 is 0. The van der Waals surface area contributed by atoms with Gasteiger partial charge >= 0.3 is 0 Å². The molecule has 2 heteroatoms. The van der Waals surface area contributed by atoms with E-state index in [0.717, 1.165) is 11.3 Å². The number of methoxy groups -OCH3 is 1. The van der Waals surface area contributed by atoms with E-state index in [2.05, 4.69) is 67.7 Å². The average Bonchev–Trinajstić information content (AvgIpc) is 2.62. The predicted octanol–water partition coefficient (Wildman–Crippen LogP) is 5.34. The third-order valence-electron chi connectivity index (χ3n) is 5.75. The minimum Gasteiger partial charge on any atom is -0.496 e. The second-order valence-electron chi connectivity index (χ2n) is 7.33. The first-order chi connectivity index (χ1) is 11.1. The molecule has 0 radical (unpaired) electrons. The summed E-state index contributed by atoms with van der Waals surface area (Å²) in [6, 6.07) is 19.9. The Balaban J connectivity index is 1.99. The third-order valence-corrected chi connectivity index (χ3v) is 10.1. The van der Waals surface area contributed by atoms with Crippen LogP contribution in [0.2, 0.25) is 18.6 Å². The monoisotopic (exact) mass is 324 g/mol. The first-order valence-electron chi connectivity index (χ1n) is 8.83. The molecule has 0 aromatic heterocycles. The van der Waals surface area contributed by atoms with Gasteiger partial charge in [-0.05, 0) is 29.5 Å². The smallest absolute Gasteiger partial charge is 0.122 e. The third kappa shape index (κ3) is 3.23. The molecule has 0 bridgehead atoms. The maximum absolute atomic E-state index is 5.68. The maximum Gasteiger partial charge on any atom is 0.122 e. The molecule has 0 aliphatic heterocycles. The Hall–Kier alpha value is -1.54. The molecule has 3 rings (SSSR count). The molecule has 0 heterocycles. The SMILES string of the molecule is COc1ccccc1[C@H]1CCCC[C@@H]1[Si](C)(C)c1ccccc1. The highest BCUT2D eigenvalue weighted by Crippen LogP contribution is 2.49. The van der Waals surface area contributed by atoms with E-state index in [1.165, 1.54) is 31.2 Å². The van der Waals surface area contributed by atoms with E-state index in [0.29, 0.717) is 5.92 Å². The molecule has 2 aromatic carbocycles. The van der Waals surface area contributed by atoms with Gasteiger partial charge in [0.05, 0.1) is 15.2 Å². The quantitative estimate of drug-likeness (QED) is 0.690. The Kier molecular flexibility index (Phi) is 4.91. The molecule has 0 spiro atoms. The summed E-state index contributed by atoms with van der Waals surface area (Å²) in [6.45, 7) is 5.11. The van der Waals surface area contributed by atoms with Crippen LogP contribution in [0.15, 0.2) is 54.6 Å². The summed E-state index contributed by atoms with van der Waals surface area (Å²) < 4.78 is 5.68. The van der Waals surface area contributed by atoms with Crippen molar-refractivity contribution in [3.8, 4) is 5.75 Å². The highest BCUT2D eigenvalue weighted by atomic mass is 28.3. The van der Waals surface area contributed by atoms with Crippen molar-refractivity contribution < 1.29 is 4.74 Å². The van der Waals surface area contributed by atoms with Crippen LogP contribution in [0.1, 0.15) is 37.2 Å². The van der Waals surface area contributed by atoms with Crippen LogP contribution in [0.5, 0.6) is 5.75 Å². The summed E-state index contributed by atoms with van der Waals surface area (Å²) in [5.41, 5.74) is 2.21. The van der Waals surface area contributed by atoms with Gasteiger partial charge in [-0.2, -0.15) is 0 Å². The van der Waals surface area contributed by atoms with Gasteiger partial charge in [-0.3, -0.25) is 0 Å². The molecule has 1 aliphatic rings. The van der Waals surface area contributed by atoms with Crippen molar-refractivity contribution in [1.29, 1.82) is 0 Å². The zero-order valence-corrected chi connectivity index (χ0v) is 15.6. The van der Waals surface area contributed by atoms with E-state index in [1.54, 1.807) is 12.3 Å². The zero-order chi connectivity index (χ0) is 16.3. The van der Waals surface area contributed by atoms with Gasteiger partial charge in [-0.15, -0.1) is 0 Å². The molecule has 0 N–H and O–H groups in total. The van der Waals surface area contributed by atoms with Gasteiger partial charge in [0, 0.05) is 0 Å². The second-order valence-corrected chi connectivity index (χ2v) is 12.1. The van der Waals surface area contributed by atoms with Crippen molar-refractivity contribution in [2.75, 3.05) is 7.11 Å². The van der Waals surface area contributed by atoms with Crippen LogP contribution in [0.4, 0.5) is 0 Å². The number of benzene rings is 2. The molecule has 1 saturated carbocycles. The van der Waals surface area contributed by atoms with Gasteiger partial charge in [0.2, 0.25) is 0 Å². The van der Waals surface area contributed by atoms with Gasteiger partial charge in [0.15, 0.2) is 0 Å². The van der Waals surface area contributed by atoms with Crippen LogP contribution in [-0.2, 0) is 0 Å². The minimum atomic E-state index is -1.52. The maximum atomic E-state index is 5.68. The van der Waals surface area contributed by atoms with Gasteiger partial charge in [0.1, 0.15) is 5.75 Å². The summed E-state index contributed by atoms with van der Waals surface area (Å²) in [7, 11) is 0.286. The summed E-state index contributed by atoms with van der Waals surface area (Å²) in [5.74, 6) is 1.71. The van der Waals surface area contributed by atoms with Crippen molar-refractivity contribution in [2.24, 2.45) is 0 Å². The molecular formula is C21H28OSi. The number of rotatable bonds is 4. The van der Waals surface area contributed by atoms with E-state index >= 15 is 0 Å². The molecule has 2 atom stereocenters. The molecule has 1 aliphatic carbocycles. The second kappa shape index (κ2) is 6.92. The van der Waals surface area contributed by atoms with Crippen molar-refractivity contribution >= 4 is 13.3 Å². The first kappa shape index (κ1) is 16.3. The van der Waals surface area contributed by atoms with E-state index in [9.17, 15) is 0 Å². The normalized spacial score (nSPS) is 21.9. The van der Waals surface area contributed by atoms with Crippen molar-refractivity contribution in [3.63, 3.8) is 0 Å².